The fraction of sp³-hybridized carbons (Fsp3) is 0.474. The summed E-state index contributed by atoms with van der Waals surface area (Å²) in [5, 5.41) is 3.61. The van der Waals surface area contributed by atoms with Crippen molar-refractivity contribution in [2.24, 2.45) is 0 Å². The summed E-state index contributed by atoms with van der Waals surface area (Å²) in [6.45, 7) is 1.71. The lowest BCUT2D eigenvalue weighted by atomic mass is 10.1. The molecule has 2 fully saturated rings. The predicted octanol–water partition coefficient (Wildman–Crippen LogP) is 3.47. The number of carbonyl (C=O) groups is 1. The van der Waals surface area contributed by atoms with Crippen LogP contribution in [0.25, 0.3) is 11.3 Å². The van der Waals surface area contributed by atoms with E-state index < -0.39 is 0 Å². The van der Waals surface area contributed by atoms with Gasteiger partial charge in [0.2, 0.25) is 5.91 Å². The highest BCUT2D eigenvalue weighted by atomic mass is 35.5. The molecule has 2 aromatic rings. The van der Waals surface area contributed by atoms with E-state index in [2.05, 4.69) is 10.3 Å². The van der Waals surface area contributed by atoms with Crippen LogP contribution in [0.4, 0.5) is 0 Å². The Morgan fingerprint density at radius 1 is 1.15 bits per heavy atom. The molecule has 5 nitrogen and oxygen atoms in total. The average Bonchev–Trinajstić information content (AvgIpc) is 3.20. The zero-order valence-corrected chi connectivity index (χ0v) is 16.2. The largest absolute Gasteiger partial charge is 0.441 e. The first-order valence-corrected chi connectivity index (χ1v) is 8.82. The number of nitrogens with one attached hydrogen (secondary N) is 1. The topological polar surface area (TPSA) is 58.4 Å². The number of rotatable bonds is 4. The summed E-state index contributed by atoms with van der Waals surface area (Å²) in [5.74, 6) is 1.61. The molecule has 0 aliphatic carbocycles. The van der Waals surface area contributed by atoms with E-state index in [0.717, 1.165) is 30.8 Å². The van der Waals surface area contributed by atoms with Crippen molar-refractivity contribution < 1.29 is 9.21 Å². The van der Waals surface area contributed by atoms with Gasteiger partial charge in [0, 0.05) is 43.6 Å². The zero-order chi connectivity index (χ0) is 16.4. The molecule has 2 bridgehead atoms. The smallest absolute Gasteiger partial charge is 0.223 e. The third kappa shape index (κ3) is 4.78. The van der Waals surface area contributed by atoms with Gasteiger partial charge >= 0.3 is 0 Å². The summed E-state index contributed by atoms with van der Waals surface area (Å²) < 4.78 is 5.79. The van der Waals surface area contributed by atoms with E-state index in [9.17, 15) is 4.79 Å². The molecule has 4 rings (SSSR count). The molecule has 2 saturated heterocycles. The van der Waals surface area contributed by atoms with Crippen LogP contribution in [0.1, 0.15) is 31.6 Å². The maximum atomic E-state index is 12.5. The standard InChI is InChI=1S/C19H23N3O2.2ClH/c23-19(22-11-10-15-6-7-16(13-22)21-15)9-8-18-20-12-17(24-18)14-4-2-1-3-5-14;;/h1-5,12,15-16,21H,6-11,13H2;2*1H. The van der Waals surface area contributed by atoms with Crippen LogP contribution < -0.4 is 5.32 Å². The van der Waals surface area contributed by atoms with E-state index in [1.54, 1.807) is 6.20 Å². The van der Waals surface area contributed by atoms with Gasteiger partial charge in [-0.3, -0.25) is 4.79 Å². The number of aryl methyl sites for hydroxylation is 1. The summed E-state index contributed by atoms with van der Waals surface area (Å²) in [7, 11) is 0. The van der Waals surface area contributed by atoms with Gasteiger partial charge < -0.3 is 14.6 Å². The van der Waals surface area contributed by atoms with Crippen molar-refractivity contribution in [3.8, 4) is 11.3 Å². The predicted molar refractivity (Wildman–Crippen MR) is 106 cm³/mol. The maximum absolute atomic E-state index is 12.5. The van der Waals surface area contributed by atoms with Crippen molar-refractivity contribution in [1.82, 2.24) is 15.2 Å². The molecule has 2 aliphatic heterocycles. The number of amides is 1. The molecule has 0 radical (unpaired) electrons. The third-order valence-electron chi connectivity index (χ3n) is 5.04. The number of halogens is 2. The third-order valence-corrected chi connectivity index (χ3v) is 5.04. The second-order valence-corrected chi connectivity index (χ2v) is 6.75. The molecule has 2 unspecified atom stereocenters. The normalized spacial score (nSPS) is 21.5. The van der Waals surface area contributed by atoms with Crippen LogP contribution in [0.3, 0.4) is 0 Å². The summed E-state index contributed by atoms with van der Waals surface area (Å²) in [4.78, 5) is 18.8. The Balaban J connectivity index is 0.00000121. The Morgan fingerprint density at radius 2 is 1.92 bits per heavy atom. The van der Waals surface area contributed by atoms with Gasteiger partial charge in [-0.2, -0.15) is 0 Å². The highest BCUT2D eigenvalue weighted by Crippen LogP contribution is 2.22. The Morgan fingerprint density at radius 3 is 2.73 bits per heavy atom. The molecule has 7 heteroatoms. The van der Waals surface area contributed by atoms with E-state index in [1.165, 1.54) is 12.8 Å². The molecule has 1 N–H and O–H groups in total. The number of fused-ring (bicyclic) bond motifs is 2. The molecule has 0 spiro atoms. The minimum absolute atomic E-state index is 0. The van der Waals surface area contributed by atoms with Crippen molar-refractivity contribution in [2.75, 3.05) is 13.1 Å². The van der Waals surface area contributed by atoms with E-state index in [1.807, 2.05) is 35.2 Å². The Hall–Kier alpha value is -1.56. The highest BCUT2D eigenvalue weighted by molar-refractivity contribution is 5.85. The molecule has 3 heterocycles. The summed E-state index contributed by atoms with van der Waals surface area (Å²) in [6.07, 6.45) is 6.28. The van der Waals surface area contributed by atoms with Crippen LogP contribution in [0.15, 0.2) is 40.9 Å². The van der Waals surface area contributed by atoms with Crippen LogP contribution in [-0.2, 0) is 11.2 Å². The van der Waals surface area contributed by atoms with Crippen molar-refractivity contribution in [2.45, 2.75) is 44.2 Å². The molecule has 1 aromatic carbocycles. The molecular weight excluding hydrogens is 373 g/mol. The van der Waals surface area contributed by atoms with Gasteiger partial charge in [-0.25, -0.2) is 4.98 Å². The van der Waals surface area contributed by atoms with Gasteiger partial charge in [0.25, 0.3) is 0 Å². The first-order valence-electron chi connectivity index (χ1n) is 8.82. The van der Waals surface area contributed by atoms with Crippen LogP contribution in [0, 0.1) is 0 Å². The number of aromatic nitrogens is 1. The van der Waals surface area contributed by atoms with Gasteiger partial charge in [0.15, 0.2) is 11.7 Å². The van der Waals surface area contributed by atoms with Crippen LogP contribution in [-0.4, -0.2) is 41.0 Å². The fourth-order valence-corrected chi connectivity index (χ4v) is 3.70. The Labute approximate surface area is 166 Å². The van der Waals surface area contributed by atoms with Crippen molar-refractivity contribution >= 4 is 30.7 Å². The zero-order valence-electron chi connectivity index (χ0n) is 14.6. The monoisotopic (exact) mass is 397 g/mol. The van der Waals surface area contributed by atoms with Gasteiger partial charge in [-0.05, 0) is 19.3 Å². The van der Waals surface area contributed by atoms with Crippen molar-refractivity contribution in [1.29, 1.82) is 0 Å². The van der Waals surface area contributed by atoms with E-state index in [-0.39, 0.29) is 30.7 Å². The minimum atomic E-state index is 0. The van der Waals surface area contributed by atoms with E-state index in [0.29, 0.717) is 30.8 Å². The van der Waals surface area contributed by atoms with Gasteiger partial charge in [-0.15, -0.1) is 24.8 Å². The van der Waals surface area contributed by atoms with Gasteiger partial charge in [0.05, 0.1) is 6.20 Å². The molecule has 1 aromatic heterocycles. The summed E-state index contributed by atoms with van der Waals surface area (Å²) in [6, 6.07) is 11.0. The number of carbonyl (C=O) groups excluding carboxylic acids is 1. The Kier molecular flexibility index (Phi) is 7.50. The molecule has 2 atom stereocenters. The fourth-order valence-electron chi connectivity index (χ4n) is 3.70. The summed E-state index contributed by atoms with van der Waals surface area (Å²) >= 11 is 0. The first-order chi connectivity index (χ1) is 11.8. The lowest BCUT2D eigenvalue weighted by Crippen LogP contribution is -2.39. The second-order valence-electron chi connectivity index (χ2n) is 6.75. The van der Waals surface area contributed by atoms with E-state index in [4.69, 9.17) is 4.42 Å². The molecule has 2 aliphatic rings. The van der Waals surface area contributed by atoms with Crippen LogP contribution in [0.2, 0.25) is 0 Å². The maximum Gasteiger partial charge on any atom is 0.223 e. The number of hydrogen-bond donors (Lipinski definition) is 1. The van der Waals surface area contributed by atoms with Crippen molar-refractivity contribution in [3.63, 3.8) is 0 Å². The second kappa shape index (κ2) is 9.40. The molecular formula is C19H25Cl2N3O2. The van der Waals surface area contributed by atoms with Crippen molar-refractivity contribution in [3.05, 3.63) is 42.4 Å². The molecule has 142 valence electrons. The van der Waals surface area contributed by atoms with E-state index >= 15 is 0 Å². The molecule has 26 heavy (non-hydrogen) atoms. The first kappa shape index (κ1) is 20.7. The highest BCUT2D eigenvalue weighted by Gasteiger charge is 2.30. The van der Waals surface area contributed by atoms with Gasteiger partial charge in [0.1, 0.15) is 0 Å². The molecule has 0 saturated carbocycles. The number of likely N-dealkylation sites (tertiary alicyclic amines) is 1. The minimum Gasteiger partial charge on any atom is -0.441 e. The summed E-state index contributed by atoms with van der Waals surface area (Å²) in [5.41, 5.74) is 1.01. The van der Waals surface area contributed by atoms with Crippen LogP contribution >= 0.6 is 24.8 Å². The quantitative estimate of drug-likeness (QED) is 0.857. The van der Waals surface area contributed by atoms with Crippen LogP contribution in [0.5, 0.6) is 0 Å². The molecule has 1 amide bonds. The SMILES string of the molecule is Cl.Cl.O=C(CCc1ncc(-c2ccccc2)o1)N1CCC2CCC(C1)N2. The van der Waals surface area contributed by atoms with Gasteiger partial charge in [-0.1, -0.05) is 30.3 Å². The number of benzene rings is 1. The lowest BCUT2D eigenvalue weighted by Gasteiger charge is -2.24. The number of oxazole rings is 1. The lowest BCUT2D eigenvalue weighted by molar-refractivity contribution is -0.131. The Bertz CT molecular complexity index is 708. The number of hydrogen-bond acceptors (Lipinski definition) is 4. The average molecular weight is 398 g/mol. The number of nitrogens with zero attached hydrogens (tertiary/aromatic N) is 2.